The van der Waals surface area contributed by atoms with Crippen LogP contribution in [0, 0.1) is 17.8 Å². The summed E-state index contributed by atoms with van der Waals surface area (Å²) in [5.74, 6) is 2.83. The predicted molar refractivity (Wildman–Crippen MR) is 81.0 cm³/mol. The van der Waals surface area contributed by atoms with Crippen LogP contribution in [0.2, 0.25) is 0 Å². The Balaban J connectivity index is 1.49. The van der Waals surface area contributed by atoms with Crippen LogP contribution in [0.4, 0.5) is 5.69 Å². The average molecular weight is 267 g/mol. The van der Waals surface area contributed by atoms with E-state index in [4.69, 9.17) is 5.73 Å². The minimum atomic E-state index is 0.808. The highest BCUT2D eigenvalue weighted by Gasteiger charge is 2.39. The van der Waals surface area contributed by atoms with E-state index in [9.17, 15) is 0 Å². The van der Waals surface area contributed by atoms with Gasteiger partial charge < -0.3 is 5.73 Å². The van der Waals surface area contributed by atoms with Crippen LogP contribution in [0.25, 0.3) is 11.1 Å². The van der Waals surface area contributed by atoms with Gasteiger partial charge in [0.15, 0.2) is 0 Å². The smallest absolute Gasteiger partial charge is 0.0568 e. The van der Waals surface area contributed by atoms with E-state index in [2.05, 4.69) is 28.1 Å². The Kier molecular flexibility index (Phi) is 2.79. The monoisotopic (exact) mass is 267 g/mol. The Morgan fingerprint density at radius 2 is 1.95 bits per heavy atom. The summed E-state index contributed by atoms with van der Waals surface area (Å²) in [5.41, 5.74) is 8.92. The third-order valence-electron chi connectivity index (χ3n) is 5.18. The van der Waals surface area contributed by atoms with Gasteiger partial charge in [0.25, 0.3) is 0 Å². The van der Waals surface area contributed by atoms with Crippen molar-refractivity contribution in [2.75, 3.05) is 5.73 Å². The first kappa shape index (κ1) is 12.0. The van der Waals surface area contributed by atoms with Crippen molar-refractivity contribution in [3.05, 3.63) is 36.7 Å². The SMILES string of the molecule is Nc1ccc(-c2cnn(CC3CC4CCC3C4)c2)cc1. The van der Waals surface area contributed by atoms with Crippen LogP contribution in [0.3, 0.4) is 0 Å². The lowest BCUT2D eigenvalue weighted by molar-refractivity contribution is 0.285. The molecule has 4 rings (SSSR count). The van der Waals surface area contributed by atoms with Gasteiger partial charge in [0.05, 0.1) is 6.20 Å². The molecule has 2 saturated carbocycles. The van der Waals surface area contributed by atoms with Crippen LogP contribution >= 0.6 is 0 Å². The summed E-state index contributed by atoms with van der Waals surface area (Å²) in [6, 6.07) is 8.02. The van der Waals surface area contributed by atoms with Crippen molar-refractivity contribution in [3.63, 3.8) is 0 Å². The average Bonchev–Trinajstić information content (AvgIpc) is 3.16. The first-order chi connectivity index (χ1) is 9.78. The van der Waals surface area contributed by atoms with Crippen molar-refractivity contribution < 1.29 is 0 Å². The summed E-state index contributed by atoms with van der Waals surface area (Å²) in [4.78, 5) is 0. The minimum Gasteiger partial charge on any atom is -0.399 e. The van der Waals surface area contributed by atoms with Gasteiger partial charge in [-0.1, -0.05) is 18.6 Å². The second kappa shape index (κ2) is 4.65. The van der Waals surface area contributed by atoms with Gasteiger partial charge in [-0.05, 0) is 54.7 Å². The third kappa shape index (κ3) is 2.11. The lowest BCUT2D eigenvalue weighted by Gasteiger charge is -2.21. The Hall–Kier alpha value is -1.77. The predicted octanol–water partition coefficient (Wildman–Crippen LogP) is 3.57. The molecule has 2 N–H and O–H groups in total. The van der Waals surface area contributed by atoms with E-state index >= 15 is 0 Å². The van der Waals surface area contributed by atoms with E-state index in [0.29, 0.717) is 0 Å². The molecule has 0 spiro atoms. The maximum absolute atomic E-state index is 5.73. The quantitative estimate of drug-likeness (QED) is 0.864. The second-order valence-electron chi connectivity index (χ2n) is 6.51. The van der Waals surface area contributed by atoms with Crippen LogP contribution in [0.5, 0.6) is 0 Å². The fourth-order valence-electron chi connectivity index (χ4n) is 4.13. The van der Waals surface area contributed by atoms with Crippen molar-refractivity contribution >= 4 is 5.69 Å². The Bertz CT molecular complexity index is 599. The molecule has 3 heteroatoms. The van der Waals surface area contributed by atoms with Gasteiger partial charge in [-0.25, -0.2) is 0 Å². The lowest BCUT2D eigenvalue weighted by atomic mass is 9.89. The van der Waals surface area contributed by atoms with Crippen molar-refractivity contribution in [3.8, 4) is 11.1 Å². The zero-order valence-electron chi connectivity index (χ0n) is 11.7. The van der Waals surface area contributed by atoms with E-state index < -0.39 is 0 Å². The third-order valence-corrected chi connectivity index (χ3v) is 5.18. The number of nitrogen functional groups attached to an aromatic ring is 1. The summed E-state index contributed by atoms with van der Waals surface area (Å²) in [5, 5.41) is 4.55. The summed E-state index contributed by atoms with van der Waals surface area (Å²) in [6.07, 6.45) is 9.95. The topological polar surface area (TPSA) is 43.8 Å². The van der Waals surface area contributed by atoms with Crippen molar-refractivity contribution in [1.29, 1.82) is 0 Å². The molecule has 0 saturated heterocycles. The first-order valence-electron chi connectivity index (χ1n) is 7.66. The molecule has 0 amide bonds. The summed E-state index contributed by atoms with van der Waals surface area (Å²) in [6.45, 7) is 1.09. The van der Waals surface area contributed by atoms with Gasteiger partial charge in [-0.2, -0.15) is 5.10 Å². The number of fused-ring (bicyclic) bond motifs is 2. The molecule has 2 aliphatic rings. The molecule has 3 unspecified atom stereocenters. The molecule has 2 bridgehead atoms. The molecular formula is C17H21N3. The van der Waals surface area contributed by atoms with Gasteiger partial charge >= 0.3 is 0 Å². The number of nitrogens with two attached hydrogens (primary N) is 1. The number of anilines is 1. The highest BCUT2D eigenvalue weighted by Crippen LogP contribution is 2.48. The summed E-state index contributed by atoms with van der Waals surface area (Å²) >= 11 is 0. The highest BCUT2D eigenvalue weighted by molar-refractivity contribution is 5.63. The van der Waals surface area contributed by atoms with Crippen LogP contribution in [0.15, 0.2) is 36.7 Å². The van der Waals surface area contributed by atoms with Gasteiger partial charge in [0, 0.05) is 24.0 Å². The fourth-order valence-corrected chi connectivity index (χ4v) is 4.13. The summed E-state index contributed by atoms with van der Waals surface area (Å²) in [7, 11) is 0. The molecule has 2 aromatic rings. The van der Waals surface area contributed by atoms with Crippen molar-refractivity contribution in [2.24, 2.45) is 17.8 Å². The molecule has 1 heterocycles. The van der Waals surface area contributed by atoms with Crippen molar-refractivity contribution in [1.82, 2.24) is 9.78 Å². The summed E-state index contributed by atoms with van der Waals surface area (Å²) < 4.78 is 2.14. The van der Waals surface area contributed by atoms with E-state index in [1.165, 1.54) is 36.8 Å². The zero-order valence-corrected chi connectivity index (χ0v) is 11.7. The normalized spacial score (nSPS) is 28.1. The van der Waals surface area contributed by atoms with Crippen LogP contribution < -0.4 is 5.73 Å². The van der Waals surface area contributed by atoms with Crippen LogP contribution in [-0.2, 0) is 6.54 Å². The minimum absolute atomic E-state index is 0.808. The standard InChI is InChI=1S/C17H21N3/c18-17-5-3-13(4-6-17)16-9-19-20(11-16)10-15-8-12-1-2-14(15)7-12/h3-6,9,11-12,14-15H,1-2,7-8,10,18H2. The molecular weight excluding hydrogens is 246 g/mol. The van der Waals surface area contributed by atoms with Gasteiger partial charge in [-0.3, -0.25) is 4.68 Å². The zero-order chi connectivity index (χ0) is 13.5. The van der Waals surface area contributed by atoms with E-state index in [0.717, 1.165) is 30.0 Å². The Labute approximate surface area is 119 Å². The molecule has 1 aromatic carbocycles. The molecule has 104 valence electrons. The maximum Gasteiger partial charge on any atom is 0.0568 e. The maximum atomic E-state index is 5.73. The molecule has 0 aliphatic heterocycles. The number of hydrogen-bond donors (Lipinski definition) is 1. The number of benzene rings is 1. The molecule has 1 aromatic heterocycles. The number of aromatic nitrogens is 2. The largest absolute Gasteiger partial charge is 0.399 e. The lowest BCUT2D eigenvalue weighted by Crippen LogP contribution is -2.17. The molecule has 3 atom stereocenters. The number of rotatable bonds is 3. The number of nitrogens with zero attached hydrogens (tertiary/aromatic N) is 2. The Morgan fingerprint density at radius 1 is 1.10 bits per heavy atom. The fraction of sp³-hybridized carbons (Fsp3) is 0.471. The second-order valence-corrected chi connectivity index (χ2v) is 6.51. The number of hydrogen-bond acceptors (Lipinski definition) is 2. The molecule has 2 aliphatic carbocycles. The van der Waals surface area contributed by atoms with Crippen molar-refractivity contribution in [2.45, 2.75) is 32.2 Å². The molecule has 2 fully saturated rings. The first-order valence-corrected chi connectivity index (χ1v) is 7.66. The molecule has 3 nitrogen and oxygen atoms in total. The van der Waals surface area contributed by atoms with E-state index in [1.54, 1.807) is 0 Å². The Morgan fingerprint density at radius 3 is 2.65 bits per heavy atom. The molecule has 0 radical (unpaired) electrons. The molecule has 20 heavy (non-hydrogen) atoms. The van der Waals surface area contributed by atoms with E-state index in [1.807, 2.05) is 18.3 Å². The van der Waals surface area contributed by atoms with Gasteiger partial charge in [0.2, 0.25) is 0 Å². The van der Waals surface area contributed by atoms with Gasteiger partial charge in [0.1, 0.15) is 0 Å². The van der Waals surface area contributed by atoms with Crippen LogP contribution in [-0.4, -0.2) is 9.78 Å². The highest BCUT2D eigenvalue weighted by atomic mass is 15.3. The van der Waals surface area contributed by atoms with Gasteiger partial charge in [-0.15, -0.1) is 0 Å². The van der Waals surface area contributed by atoms with Crippen LogP contribution in [0.1, 0.15) is 25.7 Å². The van der Waals surface area contributed by atoms with E-state index in [-0.39, 0.29) is 0 Å².